The monoisotopic (exact) mass is 540 g/mol. The second-order valence-electron chi connectivity index (χ2n) is 9.74. The van der Waals surface area contributed by atoms with E-state index in [1.165, 1.54) is 0 Å². The molecule has 2 fully saturated rings. The lowest BCUT2D eigenvalue weighted by Gasteiger charge is -2.39. The third-order valence-electron chi connectivity index (χ3n) is 7.17. The molecule has 3 heterocycles. The van der Waals surface area contributed by atoms with E-state index in [1.807, 2.05) is 42.5 Å². The zero-order valence-electron chi connectivity index (χ0n) is 20.2. The third-order valence-corrected chi connectivity index (χ3v) is 7.80. The van der Waals surface area contributed by atoms with Crippen molar-refractivity contribution >= 4 is 28.9 Å². The highest BCUT2D eigenvalue weighted by Gasteiger charge is 2.34. The zero-order chi connectivity index (χ0) is 25.5. The summed E-state index contributed by atoms with van der Waals surface area (Å²) in [6, 6.07) is 13.7. The van der Waals surface area contributed by atoms with Gasteiger partial charge in [-0.2, -0.15) is 0 Å². The van der Waals surface area contributed by atoms with Gasteiger partial charge in [-0.1, -0.05) is 39.6 Å². The van der Waals surface area contributed by atoms with E-state index in [4.69, 9.17) is 32.5 Å². The van der Waals surface area contributed by atoms with Crippen molar-refractivity contribution in [3.05, 3.63) is 74.4 Å². The van der Waals surface area contributed by atoms with Gasteiger partial charge in [0.25, 0.3) is 0 Å². The number of aromatic nitrogens is 3. The summed E-state index contributed by atoms with van der Waals surface area (Å²) in [5.74, 6) is 1.14. The van der Waals surface area contributed by atoms with Crippen molar-refractivity contribution in [3.63, 3.8) is 0 Å². The summed E-state index contributed by atoms with van der Waals surface area (Å²) in [6.07, 6.45) is 4.10. The van der Waals surface area contributed by atoms with Gasteiger partial charge in [0.1, 0.15) is 11.5 Å². The number of nitrogens with zero attached hydrogens (tertiary/aromatic N) is 3. The highest BCUT2D eigenvalue weighted by molar-refractivity contribution is 6.39. The summed E-state index contributed by atoms with van der Waals surface area (Å²) in [4.78, 5) is 16.2. The van der Waals surface area contributed by atoms with Crippen LogP contribution in [0.1, 0.15) is 49.8 Å². The highest BCUT2D eigenvalue weighted by Crippen LogP contribution is 2.46. The van der Waals surface area contributed by atoms with Crippen LogP contribution in [0, 0.1) is 0 Å². The molecule has 10 heteroatoms. The molecule has 0 spiro atoms. The van der Waals surface area contributed by atoms with Gasteiger partial charge in [-0.25, -0.2) is 4.79 Å². The summed E-state index contributed by atoms with van der Waals surface area (Å²) in [6.45, 7) is 3.49. The molecule has 1 N–H and O–H groups in total. The van der Waals surface area contributed by atoms with E-state index in [1.54, 1.807) is 0 Å². The van der Waals surface area contributed by atoms with Gasteiger partial charge in [-0.05, 0) is 69.0 Å². The summed E-state index contributed by atoms with van der Waals surface area (Å²) in [5, 5.41) is 9.22. The molecule has 0 unspecified atom stereocenters. The van der Waals surface area contributed by atoms with Crippen LogP contribution < -0.4 is 10.7 Å². The Kier molecular flexibility index (Phi) is 6.56. The van der Waals surface area contributed by atoms with Crippen molar-refractivity contribution in [2.24, 2.45) is 0 Å². The Labute approximate surface area is 223 Å². The number of anilines is 1. The first kappa shape index (κ1) is 24.3. The number of halogens is 2. The molecule has 1 aliphatic heterocycles. The molecule has 1 saturated heterocycles. The predicted octanol–water partition coefficient (Wildman–Crippen LogP) is 6.44. The van der Waals surface area contributed by atoms with E-state index in [0.717, 1.165) is 54.8 Å². The number of rotatable bonds is 7. The second kappa shape index (κ2) is 10.0. The molecule has 192 valence electrons. The van der Waals surface area contributed by atoms with E-state index >= 15 is 0 Å². The van der Waals surface area contributed by atoms with Crippen molar-refractivity contribution in [3.8, 4) is 22.6 Å². The SMILES string of the molecule is C[C@@H]1C[C@@H](OCc2c(-c3c(Cl)cccc3Cl)noc2C2CC2)CCN1c1ccc(-c2noc(=O)[nH]2)cc1. The van der Waals surface area contributed by atoms with Crippen LogP contribution in [0.3, 0.4) is 0 Å². The van der Waals surface area contributed by atoms with Gasteiger partial charge in [0.15, 0.2) is 5.82 Å². The van der Waals surface area contributed by atoms with E-state index in [-0.39, 0.29) is 6.10 Å². The number of ether oxygens (including phenoxy) is 1. The maximum Gasteiger partial charge on any atom is 0.439 e. The minimum atomic E-state index is -0.563. The number of aromatic amines is 1. The average molecular weight is 541 g/mol. The fourth-order valence-electron chi connectivity index (χ4n) is 5.08. The molecule has 37 heavy (non-hydrogen) atoms. The quantitative estimate of drug-likeness (QED) is 0.287. The van der Waals surface area contributed by atoms with Gasteiger partial charge < -0.3 is 14.2 Å². The minimum absolute atomic E-state index is 0.113. The molecule has 6 rings (SSSR count). The molecule has 2 aliphatic rings. The third kappa shape index (κ3) is 4.93. The van der Waals surface area contributed by atoms with Crippen LogP contribution in [-0.2, 0) is 11.3 Å². The standard InChI is InChI=1S/C27H26Cl2N4O4/c1-15-13-19(11-12-33(15)18-9-7-17(8-10-18)26-30-27(34)37-32-26)35-14-20-24(31-36-25(20)16-5-6-16)23-21(28)3-2-4-22(23)29/h2-4,7-10,15-16,19H,5-6,11-14H2,1H3,(H,30,32,34)/t15-,19+/m1/s1. The highest BCUT2D eigenvalue weighted by atomic mass is 35.5. The summed E-state index contributed by atoms with van der Waals surface area (Å²) < 4.78 is 16.8. The lowest BCUT2D eigenvalue weighted by Crippen LogP contribution is -2.43. The summed E-state index contributed by atoms with van der Waals surface area (Å²) in [5.41, 5.74) is 4.24. The van der Waals surface area contributed by atoms with Crippen LogP contribution in [0.4, 0.5) is 5.69 Å². The van der Waals surface area contributed by atoms with Crippen molar-refractivity contribution in [2.75, 3.05) is 11.4 Å². The number of piperidine rings is 1. The summed E-state index contributed by atoms with van der Waals surface area (Å²) >= 11 is 13.0. The van der Waals surface area contributed by atoms with Crippen molar-refractivity contribution in [1.82, 2.24) is 15.3 Å². The van der Waals surface area contributed by atoms with Crippen LogP contribution in [0.15, 0.2) is 56.3 Å². The fourth-order valence-corrected chi connectivity index (χ4v) is 5.65. The second-order valence-corrected chi connectivity index (χ2v) is 10.5. The maximum atomic E-state index is 11.2. The molecule has 0 bridgehead atoms. The topological polar surface area (TPSA) is 97.4 Å². The first-order valence-electron chi connectivity index (χ1n) is 12.5. The number of hydrogen-bond acceptors (Lipinski definition) is 7. The smallest absolute Gasteiger partial charge is 0.373 e. The van der Waals surface area contributed by atoms with Crippen LogP contribution in [0.5, 0.6) is 0 Å². The number of benzene rings is 2. The van der Waals surface area contributed by atoms with Gasteiger partial charge in [0, 0.05) is 40.9 Å². The number of nitrogens with one attached hydrogen (secondary N) is 1. The Hall–Kier alpha value is -3.07. The number of H-pyrrole nitrogens is 1. The largest absolute Gasteiger partial charge is 0.439 e. The molecule has 0 radical (unpaired) electrons. The molecule has 8 nitrogen and oxygen atoms in total. The molecular weight excluding hydrogens is 515 g/mol. The lowest BCUT2D eigenvalue weighted by atomic mass is 9.99. The molecule has 2 atom stereocenters. The first-order valence-corrected chi connectivity index (χ1v) is 13.2. The van der Waals surface area contributed by atoms with Crippen molar-refractivity contribution < 1.29 is 13.8 Å². The molecule has 4 aromatic rings. The molecular formula is C27H26Cl2N4O4. The Morgan fingerprint density at radius 1 is 1.05 bits per heavy atom. The first-order chi connectivity index (χ1) is 18.0. The van der Waals surface area contributed by atoms with Crippen LogP contribution >= 0.6 is 23.2 Å². The Balaban J connectivity index is 1.14. The maximum absolute atomic E-state index is 11.2. The van der Waals surface area contributed by atoms with E-state index in [9.17, 15) is 4.79 Å². The summed E-state index contributed by atoms with van der Waals surface area (Å²) in [7, 11) is 0. The average Bonchev–Trinajstić information content (AvgIpc) is 3.51. The van der Waals surface area contributed by atoms with E-state index in [2.05, 4.69) is 31.6 Å². The lowest BCUT2D eigenvalue weighted by molar-refractivity contribution is 0.0175. The minimum Gasteiger partial charge on any atom is -0.373 e. The molecule has 2 aromatic carbocycles. The van der Waals surface area contributed by atoms with Gasteiger partial charge >= 0.3 is 5.76 Å². The number of hydrogen-bond donors (Lipinski definition) is 1. The van der Waals surface area contributed by atoms with Gasteiger partial charge in [-0.15, -0.1) is 0 Å². The molecule has 2 aromatic heterocycles. The molecule has 1 aliphatic carbocycles. The van der Waals surface area contributed by atoms with Crippen molar-refractivity contribution in [2.45, 2.75) is 57.3 Å². The van der Waals surface area contributed by atoms with Gasteiger partial charge in [0.2, 0.25) is 0 Å². The fraction of sp³-hybridized carbons (Fsp3) is 0.370. The normalized spacial score (nSPS) is 19.9. The van der Waals surface area contributed by atoms with E-state index in [0.29, 0.717) is 45.7 Å². The Bertz CT molecular complexity index is 1440. The Morgan fingerprint density at radius 2 is 1.81 bits per heavy atom. The van der Waals surface area contributed by atoms with Crippen LogP contribution in [0.2, 0.25) is 10.0 Å². The van der Waals surface area contributed by atoms with Gasteiger partial charge in [0.05, 0.1) is 22.8 Å². The van der Waals surface area contributed by atoms with Crippen molar-refractivity contribution in [1.29, 1.82) is 0 Å². The van der Waals surface area contributed by atoms with Crippen LogP contribution in [0.25, 0.3) is 22.6 Å². The van der Waals surface area contributed by atoms with Gasteiger partial charge in [-0.3, -0.25) is 9.51 Å². The predicted molar refractivity (Wildman–Crippen MR) is 141 cm³/mol. The van der Waals surface area contributed by atoms with E-state index < -0.39 is 5.76 Å². The Morgan fingerprint density at radius 3 is 2.46 bits per heavy atom. The molecule has 1 saturated carbocycles. The van der Waals surface area contributed by atoms with Crippen LogP contribution in [-0.4, -0.2) is 34.0 Å². The zero-order valence-corrected chi connectivity index (χ0v) is 21.8. The molecule has 0 amide bonds.